The Morgan fingerprint density at radius 3 is 2.59 bits per heavy atom. The van der Waals surface area contributed by atoms with Gasteiger partial charge in [0.15, 0.2) is 0 Å². The van der Waals surface area contributed by atoms with Gasteiger partial charge in [0.2, 0.25) is 5.91 Å². The van der Waals surface area contributed by atoms with E-state index in [9.17, 15) is 4.79 Å². The molecule has 1 aromatic heterocycles. The lowest BCUT2D eigenvalue weighted by Gasteiger charge is -2.21. The molecular formula is C25H22Cl2N2O3. The Hall–Kier alpha value is -2.50. The van der Waals surface area contributed by atoms with Crippen LogP contribution in [0.3, 0.4) is 0 Å². The normalized spacial score (nSPS) is 18.8. The number of carbonyl (C=O) groups excluding carboxylic acids is 1. The zero-order valence-corrected chi connectivity index (χ0v) is 18.9. The summed E-state index contributed by atoms with van der Waals surface area (Å²) in [6.45, 7) is 0.291. The summed E-state index contributed by atoms with van der Waals surface area (Å²) in [6, 6.07) is 11.3. The first-order chi connectivity index (χ1) is 15.6. The molecule has 32 heavy (non-hydrogen) atoms. The van der Waals surface area contributed by atoms with Crippen LogP contribution < -0.4 is 10.1 Å². The van der Waals surface area contributed by atoms with Crippen molar-refractivity contribution >= 4 is 34.8 Å². The quantitative estimate of drug-likeness (QED) is 0.443. The van der Waals surface area contributed by atoms with Gasteiger partial charge < -0.3 is 14.6 Å². The number of halogens is 2. The molecule has 7 heteroatoms. The SMILES string of the molecule is O=C1Nc2ccc(OCc3c(-c4c(Cl)cccc4Cl)noc3C3CC3)cc2C12CCCC2. The molecule has 0 saturated heterocycles. The van der Waals surface area contributed by atoms with E-state index in [1.807, 2.05) is 24.3 Å². The van der Waals surface area contributed by atoms with E-state index in [1.165, 1.54) is 0 Å². The second-order valence-electron chi connectivity index (χ2n) is 8.98. The van der Waals surface area contributed by atoms with Gasteiger partial charge in [-0.15, -0.1) is 0 Å². The highest BCUT2D eigenvalue weighted by molar-refractivity contribution is 6.39. The number of amides is 1. The summed E-state index contributed by atoms with van der Waals surface area (Å²) in [5.41, 5.74) is 3.73. The molecule has 1 spiro atoms. The van der Waals surface area contributed by atoms with Crippen LogP contribution in [0.25, 0.3) is 11.3 Å². The molecule has 164 valence electrons. The molecule has 0 radical (unpaired) electrons. The highest BCUT2D eigenvalue weighted by Crippen LogP contribution is 2.50. The number of rotatable bonds is 5. The molecule has 1 N–H and O–H groups in total. The maximum absolute atomic E-state index is 12.7. The average molecular weight is 469 g/mol. The van der Waals surface area contributed by atoms with Crippen LogP contribution in [0.1, 0.15) is 61.3 Å². The van der Waals surface area contributed by atoms with E-state index < -0.39 is 5.41 Å². The summed E-state index contributed by atoms with van der Waals surface area (Å²) in [5, 5.41) is 8.44. The number of hydrogen-bond donors (Lipinski definition) is 1. The molecule has 3 aliphatic rings. The smallest absolute Gasteiger partial charge is 0.235 e. The van der Waals surface area contributed by atoms with Crippen molar-refractivity contribution in [2.75, 3.05) is 5.32 Å². The molecule has 0 bridgehead atoms. The van der Waals surface area contributed by atoms with Gasteiger partial charge in [-0.05, 0) is 61.6 Å². The zero-order valence-electron chi connectivity index (χ0n) is 17.4. The number of hydrogen-bond acceptors (Lipinski definition) is 4. The van der Waals surface area contributed by atoms with E-state index in [1.54, 1.807) is 12.1 Å². The first kappa shape index (κ1) is 20.1. The second kappa shape index (κ2) is 7.53. The molecule has 1 aliphatic heterocycles. The minimum absolute atomic E-state index is 0.118. The second-order valence-corrected chi connectivity index (χ2v) is 9.80. The van der Waals surface area contributed by atoms with Gasteiger partial charge in [-0.25, -0.2) is 0 Å². The first-order valence-corrected chi connectivity index (χ1v) is 11.8. The lowest BCUT2D eigenvalue weighted by Crippen LogP contribution is -2.30. The molecule has 0 atom stereocenters. The van der Waals surface area contributed by atoms with Gasteiger partial charge in [0.1, 0.15) is 23.8 Å². The van der Waals surface area contributed by atoms with Crippen molar-refractivity contribution in [2.24, 2.45) is 0 Å². The van der Waals surface area contributed by atoms with Crippen molar-refractivity contribution in [3.05, 3.63) is 63.3 Å². The van der Waals surface area contributed by atoms with E-state index in [0.717, 1.165) is 66.8 Å². The number of fused-ring (bicyclic) bond motifs is 2. The molecule has 2 aromatic carbocycles. The molecule has 0 unspecified atom stereocenters. The van der Waals surface area contributed by atoms with Crippen LogP contribution in [0.5, 0.6) is 5.75 Å². The average Bonchev–Trinajstić information content (AvgIpc) is 3.25. The van der Waals surface area contributed by atoms with Crippen molar-refractivity contribution in [1.82, 2.24) is 5.16 Å². The van der Waals surface area contributed by atoms with Crippen molar-refractivity contribution < 1.29 is 14.1 Å². The van der Waals surface area contributed by atoms with Crippen LogP contribution in [0.4, 0.5) is 5.69 Å². The third-order valence-electron chi connectivity index (χ3n) is 7.00. The summed E-state index contributed by atoms with van der Waals surface area (Å²) < 4.78 is 12.0. The standard InChI is InChI=1S/C25H22Cl2N2O3/c26-18-4-3-5-19(27)21(18)22-16(23(32-29-22)14-6-7-14)13-31-15-8-9-20-17(12-15)25(24(30)28-20)10-1-2-11-25/h3-5,8-9,12,14H,1-2,6-7,10-11,13H2,(H,28,30). The predicted octanol–water partition coefficient (Wildman–Crippen LogP) is 6.87. The Kier molecular flexibility index (Phi) is 4.74. The molecule has 1 amide bonds. The van der Waals surface area contributed by atoms with Crippen LogP contribution in [0.2, 0.25) is 10.0 Å². The topological polar surface area (TPSA) is 64.4 Å². The fourth-order valence-corrected chi connectivity index (χ4v) is 5.74. The maximum Gasteiger partial charge on any atom is 0.235 e. The highest BCUT2D eigenvalue weighted by atomic mass is 35.5. The van der Waals surface area contributed by atoms with Crippen LogP contribution in [0.15, 0.2) is 40.9 Å². The van der Waals surface area contributed by atoms with Crippen LogP contribution in [0, 0.1) is 0 Å². The fraction of sp³-hybridized carbons (Fsp3) is 0.360. The molecule has 2 aliphatic carbocycles. The number of nitrogens with zero attached hydrogens (tertiary/aromatic N) is 1. The molecule has 6 rings (SSSR count). The third kappa shape index (κ3) is 3.13. The molecular weight excluding hydrogens is 447 g/mol. The van der Waals surface area contributed by atoms with Gasteiger partial charge in [-0.2, -0.15) is 0 Å². The molecule has 2 fully saturated rings. The number of nitrogens with one attached hydrogen (secondary N) is 1. The zero-order chi connectivity index (χ0) is 21.9. The van der Waals surface area contributed by atoms with Gasteiger partial charge in [0.05, 0.1) is 21.0 Å². The number of ether oxygens (including phenoxy) is 1. The fourth-order valence-electron chi connectivity index (χ4n) is 5.16. The largest absolute Gasteiger partial charge is 0.489 e. The van der Waals surface area contributed by atoms with Crippen molar-refractivity contribution in [2.45, 2.75) is 56.5 Å². The van der Waals surface area contributed by atoms with Crippen molar-refractivity contribution in [3.8, 4) is 17.0 Å². The Morgan fingerprint density at radius 2 is 1.88 bits per heavy atom. The molecule has 2 saturated carbocycles. The number of aromatic nitrogens is 1. The summed E-state index contributed by atoms with van der Waals surface area (Å²) in [4.78, 5) is 12.7. The summed E-state index contributed by atoms with van der Waals surface area (Å²) in [6.07, 6.45) is 6.08. The Morgan fingerprint density at radius 1 is 1.12 bits per heavy atom. The van der Waals surface area contributed by atoms with Gasteiger partial charge in [-0.3, -0.25) is 4.79 Å². The Bertz CT molecular complexity index is 1210. The minimum Gasteiger partial charge on any atom is -0.489 e. The van der Waals surface area contributed by atoms with E-state index in [0.29, 0.717) is 33.8 Å². The van der Waals surface area contributed by atoms with E-state index in [4.69, 9.17) is 32.5 Å². The Labute approximate surface area is 196 Å². The molecule has 2 heterocycles. The van der Waals surface area contributed by atoms with Gasteiger partial charge >= 0.3 is 0 Å². The third-order valence-corrected chi connectivity index (χ3v) is 7.63. The van der Waals surface area contributed by atoms with Crippen molar-refractivity contribution in [1.29, 1.82) is 0 Å². The van der Waals surface area contributed by atoms with E-state index in [-0.39, 0.29) is 5.91 Å². The van der Waals surface area contributed by atoms with E-state index >= 15 is 0 Å². The summed E-state index contributed by atoms with van der Waals surface area (Å²) in [5.74, 6) is 2.06. The van der Waals surface area contributed by atoms with Gasteiger partial charge in [0.25, 0.3) is 0 Å². The first-order valence-electron chi connectivity index (χ1n) is 11.1. The lowest BCUT2D eigenvalue weighted by molar-refractivity contribution is -0.120. The summed E-state index contributed by atoms with van der Waals surface area (Å²) >= 11 is 12.9. The summed E-state index contributed by atoms with van der Waals surface area (Å²) in [7, 11) is 0. The Balaban J connectivity index is 1.34. The van der Waals surface area contributed by atoms with Crippen LogP contribution in [-0.4, -0.2) is 11.1 Å². The van der Waals surface area contributed by atoms with Crippen LogP contribution in [-0.2, 0) is 16.8 Å². The minimum atomic E-state index is -0.401. The number of benzene rings is 2. The van der Waals surface area contributed by atoms with Gasteiger partial charge in [0, 0.05) is 17.2 Å². The highest BCUT2D eigenvalue weighted by Gasteiger charge is 2.48. The van der Waals surface area contributed by atoms with Crippen molar-refractivity contribution in [3.63, 3.8) is 0 Å². The predicted molar refractivity (Wildman–Crippen MR) is 123 cm³/mol. The lowest BCUT2D eigenvalue weighted by atomic mass is 9.80. The molecule has 5 nitrogen and oxygen atoms in total. The van der Waals surface area contributed by atoms with E-state index in [2.05, 4.69) is 10.5 Å². The number of carbonyl (C=O) groups is 1. The number of anilines is 1. The van der Waals surface area contributed by atoms with Crippen LogP contribution >= 0.6 is 23.2 Å². The monoisotopic (exact) mass is 468 g/mol. The molecule has 3 aromatic rings. The maximum atomic E-state index is 12.7. The van der Waals surface area contributed by atoms with Gasteiger partial charge in [-0.1, -0.05) is 47.3 Å².